The molecule has 2 heterocycles. The summed E-state index contributed by atoms with van der Waals surface area (Å²) >= 11 is 0. The van der Waals surface area contributed by atoms with E-state index in [1.807, 2.05) is 49.1 Å². The van der Waals surface area contributed by atoms with Crippen LogP contribution in [0.4, 0.5) is 5.82 Å². The van der Waals surface area contributed by atoms with Gasteiger partial charge in [0.2, 0.25) is 5.91 Å². The number of hydrogen-bond donors (Lipinski definition) is 2. The highest BCUT2D eigenvalue weighted by molar-refractivity contribution is 6.83. The first-order valence-corrected chi connectivity index (χ1v) is 16.4. The van der Waals surface area contributed by atoms with Crippen molar-refractivity contribution in [1.29, 1.82) is 0 Å². The van der Waals surface area contributed by atoms with Crippen LogP contribution in [-0.2, 0) is 26.4 Å². The fraction of sp³-hybridized carbons (Fsp3) is 0.593. The number of rotatable bonds is 9. The van der Waals surface area contributed by atoms with Crippen LogP contribution in [0.2, 0.25) is 24.7 Å². The number of nitrogens with one attached hydrogen (secondary N) is 2. The van der Waals surface area contributed by atoms with E-state index in [2.05, 4.69) is 42.1 Å². The minimum absolute atomic E-state index is 0.0725. The number of H-pyrrole nitrogens is 1. The molecule has 2 N–H and O–H groups in total. The van der Waals surface area contributed by atoms with E-state index in [4.69, 9.17) is 4.74 Å². The average Bonchev–Trinajstić information content (AvgIpc) is 3.27. The van der Waals surface area contributed by atoms with E-state index >= 15 is 0 Å². The smallest absolute Gasteiger partial charge is 0.257 e. The number of aromatic nitrogens is 2. The molecule has 0 saturated heterocycles. The van der Waals surface area contributed by atoms with Gasteiger partial charge in [0.1, 0.15) is 0 Å². The van der Waals surface area contributed by atoms with Crippen molar-refractivity contribution < 1.29 is 14.3 Å². The third-order valence-electron chi connectivity index (χ3n) is 8.15. The van der Waals surface area contributed by atoms with Crippen LogP contribution in [0.5, 0.6) is 0 Å². The Balaban J connectivity index is 1.58. The van der Waals surface area contributed by atoms with Gasteiger partial charge in [-0.15, -0.1) is 0 Å². The second-order valence-corrected chi connectivity index (χ2v) is 17.0. The predicted octanol–water partition coefficient (Wildman–Crippen LogP) is 5.75. The summed E-state index contributed by atoms with van der Waals surface area (Å²) in [6.07, 6.45) is 4.24. The van der Waals surface area contributed by atoms with Crippen molar-refractivity contribution in [3.05, 3.63) is 47.2 Å². The Hall–Kier alpha value is -2.45. The van der Waals surface area contributed by atoms with Crippen LogP contribution in [0.25, 0.3) is 0 Å². The monoisotopic (exact) mass is 496 g/mol. The Labute approximate surface area is 210 Å². The molecular weight excluding hydrogens is 456 g/mol. The molecule has 1 fully saturated rings. The van der Waals surface area contributed by atoms with Crippen LogP contribution in [0.15, 0.2) is 30.3 Å². The third-order valence-corrected chi connectivity index (χ3v) is 11.8. The van der Waals surface area contributed by atoms with Gasteiger partial charge in [-0.1, -0.05) is 69.7 Å². The first-order chi connectivity index (χ1) is 16.5. The van der Waals surface area contributed by atoms with Crippen molar-refractivity contribution in [2.75, 3.05) is 11.9 Å². The molecule has 1 aliphatic carbocycles. The summed E-state index contributed by atoms with van der Waals surface area (Å²) in [6, 6.07) is 9.69. The summed E-state index contributed by atoms with van der Waals surface area (Å²) in [5, 5.41) is 10.5. The molecule has 1 aromatic heterocycles. The Morgan fingerprint density at radius 2 is 1.89 bits per heavy atom. The van der Waals surface area contributed by atoms with E-state index < -0.39 is 19.7 Å². The number of ether oxygens (including phenoxy) is 1. The van der Waals surface area contributed by atoms with Crippen molar-refractivity contribution in [1.82, 2.24) is 15.1 Å². The third kappa shape index (κ3) is 4.46. The van der Waals surface area contributed by atoms with Crippen LogP contribution >= 0.6 is 0 Å². The zero-order chi connectivity index (χ0) is 25.4. The zero-order valence-electron chi connectivity index (χ0n) is 22.0. The lowest BCUT2D eigenvalue weighted by Crippen LogP contribution is -2.52. The van der Waals surface area contributed by atoms with E-state index in [0.29, 0.717) is 19.0 Å². The number of aromatic amines is 1. The molecule has 1 aromatic carbocycles. The number of carbonyl (C=O) groups is 2. The Morgan fingerprint density at radius 3 is 2.46 bits per heavy atom. The lowest BCUT2D eigenvalue weighted by atomic mass is 9.83. The molecule has 190 valence electrons. The van der Waals surface area contributed by atoms with Crippen molar-refractivity contribution in [3.63, 3.8) is 0 Å². The zero-order valence-corrected chi connectivity index (χ0v) is 23.0. The Morgan fingerprint density at radius 1 is 1.20 bits per heavy atom. The Bertz CT molecular complexity index is 1070. The molecule has 1 atom stereocenters. The number of carbonyl (C=O) groups excluding carboxylic acids is 2. The number of fused-ring (bicyclic) bond motifs is 1. The largest absolute Gasteiger partial charge is 0.364 e. The minimum Gasteiger partial charge on any atom is -0.364 e. The van der Waals surface area contributed by atoms with Crippen molar-refractivity contribution in [3.8, 4) is 0 Å². The molecule has 2 aromatic rings. The van der Waals surface area contributed by atoms with Gasteiger partial charge in [-0.25, -0.2) is 0 Å². The second-order valence-electron chi connectivity index (χ2n) is 11.6. The lowest BCUT2D eigenvalue weighted by molar-refractivity contribution is -0.150. The van der Waals surface area contributed by atoms with Gasteiger partial charge < -0.3 is 15.0 Å². The molecule has 7 nitrogen and oxygen atoms in total. The SMILES string of the molecule is CCCCO[C@@H](C(=O)N1Cc2c(NC(=O)C3([Si](C)(C)C)CCC3)n[nH]c2C1(C)C)c1ccccc1. The van der Waals surface area contributed by atoms with E-state index in [0.717, 1.165) is 48.9 Å². The van der Waals surface area contributed by atoms with Gasteiger partial charge in [0.05, 0.1) is 25.9 Å². The molecule has 4 rings (SSSR count). The Kier molecular flexibility index (Phi) is 6.99. The molecule has 2 aliphatic rings. The number of hydrogen-bond acceptors (Lipinski definition) is 4. The minimum atomic E-state index is -1.71. The van der Waals surface area contributed by atoms with E-state index in [-0.39, 0.29) is 16.9 Å². The molecular formula is C27H40N4O3Si. The standard InChI is InChI=1S/C27H40N4O3Si/c1-7-8-17-34-21(19-13-10-9-11-14-19)24(32)31-18-20-22(26(31,2)3)29-30-23(20)28-25(33)27(15-12-16-27)35(4,5)6/h9-11,13-14,21H,7-8,12,15-18H2,1-6H3,(H2,28,29,30,33)/t21-/m1/s1. The quantitative estimate of drug-likeness (QED) is 0.342. The maximum absolute atomic E-state index is 13.9. The van der Waals surface area contributed by atoms with Gasteiger partial charge in [-0.3, -0.25) is 14.7 Å². The van der Waals surface area contributed by atoms with Crippen LogP contribution in [0.3, 0.4) is 0 Å². The van der Waals surface area contributed by atoms with E-state index in [1.54, 1.807) is 0 Å². The van der Waals surface area contributed by atoms with Crippen LogP contribution in [-0.4, -0.2) is 41.6 Å². The summed E-state index contributed by atoms with van der Waals surface area (Å²) in [7, 11) is -1.71. The summed E-state index contributed by atoms with van der Waals surface area (Å²) < 4.78 is 6.13. The number of anilines is 1. The highest BCUT2D eigenvalue weighted by Crippen LogP contribution is 2.56. The lowest BCUT2D eigenvalue weighted by Gasteiger charge is -2.48. The summed E-state index contributed by atoms with van der Waals surface area (Å²) in [5.74, 6) is 0.572. The molecule has 1 aliphatic heterocycles. The van der Waals surface area contributed by atoms with E-state index in [9.17, 15) is 9.59 Å². The summed E-state index contributed by atoms with van der Waals surface area (Å²) in [4.78, 5) is 29.2. The van der Waals surface area contributed by atoms with Gasteiger partial charge in [-0.05, 0) is 38.7 Å². The molecule has 0 unspecified atom stereocenters. The van der Waals surface area contributed by atoms with Crippen LogP contribution in [0.1, 0.15) is 75.8 Å². The van der Waals surface area contributed by atoms with Crippen molar-refractivity contribution in [2.24, 2.45) is 0 Å². The van der Waals surface area contributed by atoms with Gasteiger partial charge in [-0.2, -0.15) is 5.10 Å². The number of unbranched alkanes of at least 4 members (excludes halogenated alkanes) is 1. The number of amides is 2. The van der Waals surface area contributed by atoms with Gasteiger partial charge in [0, 0.05) is 17.2 Å². The summed E-state index contributed by atoms with van der Waals surface area (Å²) in [5.41, 5.74) is 2.02. The number of benzene rings is 1. The fourth-order valence-corrected chi connectivity index (χ4v) is 8.07. The van der Waals surface area contributed by atoms with Gasteiger partial charge >= 0.3 is 0 Å². The normalized spacial score (nSPS) is 19.1. The van der Waals surface area contributed by atoms with Crippen molar-refractivity contribution in [2.45, 2.75) is 95.7 Å². The molecule has 35 heavy (non-hydrogen) atoms. The first kappa shape index (κ1) is 25.6. The maximum Gasteiger partial charge on any atom is 0.257 e. The highest BCUT2D eigenvalue weighted by Gasteiger charge is 2.54. The van der Waals surface area contributed by atoms with Crippen LogP contribution < -0.4 is 5.32 Å². The van der Waals surface area contributed by atoms with Gasteiger partial charge in [0.15, 0.2) is 11.9 Å². The molecule has 0 radical (unpaired) electrons. The number of nitrogens with zero attached hydrogens (tertiary/aromatic N) is 2. The predicted molar refractivity (Wildman–Crippen MR) is 141 cm³/mol. The van der Waals surface area contributed by atoms with E-state index in [1.165, 1.54) is 0 Å². The summed E-state index contributed by atoms with van der Waals surface area (Å²) in [6.45, 7) is 13.9. The molecule has 1 saturated carbocycles. The molecule has 2 amide bonds. The topological polar surface area (TPSA) is 87.3 Å². The maximum atomic E-state index is 13.9. The van der Waals surface area contributed by atoms with Crippen LogP contribution in [0, 0.1) is 0 Å². The second kappa shape index (κ2) is 9.54. The molecule has 0 spiro atoms. The molecule has 8 heteroatoms. The fourth-order valence-electron chi connectivity index (χ4n) is 5.47. The molecule has 0 bridgehead atoms. The average molecular weight is 497 g/mol. The van der Waals surface area contributed by atoms with Crippen molar-refractivity contribution >= 4 is 25.7 Å². The highest BCUT2D eigenvalue weighted by atomic mass is 28.3. The van der Waals surface area contributed by atoms with Gasteiger partial charge in [0.25, 0.3) is 5.91 Å². The first-order valence-electron chi connectivity index (χ1n) is 12.9.